The number of aromatic nitrogens is 2. The molecule has 1 aromatic heterocycles. The van der Waals surface area contributed by atoms with E-state index in [9.17, 15) is 0 Å². The van der Waals surface area contributed by atoms with E-state index in [1.807, 2.05) is 13.8 Å². The first-order chi connectivity index (χ1) is 9.72. The van der Waals surface area contributed by atoms with Crippen LogP contribution in [-0.4, -0.2) is 56.5 Å². The van der Waals surface area contributed by atoms with E-state index in [0.717, 1.165) is 0 Å². The van der Waals surface area contributed by atoms with Crippen LogP contribution < -0.4 is 10.2 Å². The average Bonchev–Trinajstić information content (AvgIpc) is 2.47. The number of rotatable bonds is 10. The van der Waals surface area contributed by atoms with Gasteiger partial charge in [0.15, 0.2) is 5.82 Å². The lowest BCUT2D eigenvalue weighted by Crippen LogP contribution is -2.32. The minimum Gasteiger partial charge on any atom is -0.380 e. The van der Waals surface area contributed by atoms with Gasteiger partial charge in [0.25, 0.3) is 0 Å². The molecule has 0 radical (unpaired) electrons. The molecule has 1 rings (SSSR count). The molecule has 114 valence electrons. The molecular weight excluding hydrogens is 280 g/mol. The maximum atomic E-state index is 6.20. The fourth-order valence-corrected chi connectivity index (χ4v) is 1.87. The van der Waals surface area contributed by atoms with Crippen molar-refractivity contribution >= 4 is 23.4 Å². The number of ether oxygens (including phenoxy) is 2. The molecule has 0 bridgehead atoms. The number of halogens is 1. The lowest BCUT2D eigenvalue weighted by atomic mass is 10.4. The highest BCUT2D eigenvalue weighted by Gasteiger charge is 2.13. The largest absolute Gasteiger partial charge is 0.380 e. The Hall–Kier alpha value is -1.11. The van der Waals surface area contributed by atoms with Crippen LogP contribution in [0.15, 0.2) is 6.20 Å². The molecule has 0 spiro atoms. The van der Waals surface area contributed by atoms with E-state index in [2.05, 4.69) is 20.2 Å². The molecule has 0 atom stereocenters. The van der Waals surface area contributed by atoms with Crippen molar-refractivity contribution in [1.29, 1.82) is 0 Å². The molecule has 0 fully saturated rings. The Kier molecular flexibility index (Phi) is 8.25. The van der Waals surface area contributed by atoms with Crippen molar-refractivity contribution in [2.45, 2.75) is 13.8 Å². The quantitative estimate of drug-likeness (QED) is 0.668. The van der Waals surface area contributed by atoms with Crippen molar-refractivity contribution < 1.29 is 9.47 Å². The van der Waals surface area contributed by atoms with Gasteiger partial charge in [-0.3, -0.25) is 0 Å². The molecular formula is C13H23ClN4O2. The topological polar surface area (TPSA) is 59.5 Å². The molecule has 0 aliphatic carbocycles. The van der Waals surface area contributed by atoms with Crippen molar-refractivity contribution in [1.82, 2.24) is 9.97 Å². The summed E-state index contributed by atoms with van der Waals surface area (Å²) >= 11 is 6.20. The SMILES string of the molecule is CCOCCN(CCOCC)c1nc(NC)ncc1Cl. The van der Waals surface area contributed by atoms with E-state index in [0.29, 0.717) is 56.3 Å². The van der Waals surface area contributed by atoms with Crippen LogP contribution in [-0.2, 0) is 9.47 Å². The second-order valence-corrected chi connectivity index (χ2v) is 4.40. The Morgan fingerprint density at radius 1 is 1.20 bits per heavy atom. The summed E-state index contributed by atoms with van der Waals surface area (Å²) in [5.74, 6) is 1.24. The number of hydrogen-bond acceptors (Lipinski definition) is 6. The minimum atomic E-state index is 0.525. The summed E-state index contributed by atoms with van der Waals surface area (Å²) in [6.07, 6.45) is 1.60. The lowest BCUT2D eigenvalue weighted by molar-refractivity contribution is 0.141. The number of anilines is 2. The zero-order valence-electron chi connectivity index (χ0n) is 12.4. The summed E-state index contributed by atoms with van der Waals surface area (Å²) in [6, 6.07) is 0. The Labute approximate surface area is 125 Å². The minimum absolute atomic E-state index is 0.525. The van der Waals surface area contributed by atoms with Gasteiger partial charge in [-0.15, -0.1) is 0 Å². The number of nitrogens with zero attached hydrogens (tertiary/aromatic N) is 3. The van der Waals surface area contributed by atoms with Gasteiger partial charge in [-0.05, 0) is 13.8 Å². The summed E-state index contributed by atoms with van der Waals surface area (Å²) < 4.78 is 10.8. The third kappa shape index (κ3) is 5.48. The number of nitrogens with one attached hydrogen (secondary N) is 1. The van der Waals surface area contributed by atoms with E-state index >= 15 is 0 Å². The van der Waals surface area contributed by atoms with Gasteiger partial charge in [-0.25, -0.2) is 4.98 Å². The zero-order chi connectivity index (χ0) is 14.8. The standard InChI is InChI=1S/C13H23ClN4O2/c1-4-19-8-6-18(7-9-20-5-2)12-11(14)10-16-13(15-3)17-12/h10H,4-9H2,1-3H3,(H,15,16,17). The predicted octanol–water partition coefficient (Wildman–Crippen LogP) is 2.05. The van der Waals surface area contributed by atoms with Crippen molar-refractivity contribution in [3.05, 3.63) is 11.2 Å². The smallest absolute Gasteiger partial charge is 0.224 e. The highest BCUT2D eigenvalue weighted by molar-refractivity contribution is 6.32. The molecule has 1 heterocycles. The fraction of sp³-hybridized carbons (Fsp3) is 0.692. The molecule has 1 N–H and O–H groups in total. The van der Waals surface area contributed by atoms with Crippen molar-refractivity contribution in [2.24, 2.45) is 0 Å². The highest BCUT2D eigenvalue weighted by atomic mass is 35.5. The molecule has 0 amide bonds. The summed E-state index contributed by atoms with van der Waals surface area (Å²) in [6.45, 7) is 8.00. The molecule has 0 aromatic carbocycles. The molecule has 6 nitrogen and oxygen atoms in total. The van der Waals surface area contributed by atoms with Gasteiger partial charge in [-0.1, -0.05) is 11.6 Å². The van der Waals surface area contributed by atoms with Crippen LogP contribution in [0.1, 0.15) is 13.8 Å². The Morgan fingerprint density at radius 3 is 2.30 bits per heavy atom. The van der Waals surface area contributed by atoms with E-state index < -0.39 is 0 Å². The van der Waals surface area contributed by atoms with Crippen LogP contribution in [0.5, 0.6) is 0 Å². The molecule has 0 aliphatic heterocycles. The van der Waals surface area contributed by atoms with Crippen LogP contribution in [0.3, 0.4) is 0 Å². The van der Waals surface area contributed by atoms with Crippen LogP contribution >= 0.6 is 11.6 Å². The monoisotopic (exact) mass is 302 g/mol. The summed E-state index contributed by atoms with van der Waals surface area (Å²) in [5, 5.41) is 3.44. The van der Waals surface area contributed by atoms with Gasteiger partial charge in [0, 0.05) is 33.4 Å². The maximum Gasteiger partial charge on any atom is 0.224 e. The molecule has 0 saturated heterocycles. The molecule has 0 unspecified atom stereocenters. The van der Waals surface area contributed by atoms with E-state index in [-0.39, 0.29) is 0 Å². The lowest BCUT2D eigenvalue weighted by Gasteiger charge is -2.24. The van der Waals surface area contributed by atoms with Crippen LogP contribution in [0.25, 0.3) is 0 Å². The van der Waals surface area contributed by atoms with Gasteiger partial charge in [0.1, 0.15) is 5.02 Å². The maximum absolute atomic E-state index is 6.20. The van der Waals surface area contributed by atoms with Gasteiger partial charge in [0.05, 0.1) is 19.4 Å². The third-order valence-electron chi connectivity index (χ3n) is 2.67. The Bertz CT molecular complexity index is 383. The normalized spacial score (nSPS) is 10.6. The van der Waals surface area contributed by atoms with Crippen LogP contribution in [0, 0.1) is 0 Å². The second-order valence-electron chi connectivity index (χ2n) is 4.00. The second kappa shape index (κ2) is 9.74. The summed E-state index contributed by atoms with van der Waals surface area (Å²) in [5.41, 5.74) is 0. The van der Waals surface area contributed by atoms with Gasteiger partial charge < -0.3 is 19.7 Å². The fourth-order valence-electron chi connectivity index (χ4n) is 1.66. The van der Waals surface area contributed by atoms with Crippen molar-refractivity contribution in [3.63, 3.8) is 0 Å². The molecule has 7 heteroatoms. The molecule has 0 saturated carbocycles. The van der Waals surface area contributed by atoms with Crippen LogP contribution in [0.4, 0.5) is 11.8 Å². The Morgan fingerprint density at radius 2 is 1.80 bits per heavy atom. The van der Waals surface area contributed by atoms with Crippen molar-refractivity contribution in [2.75, 3.05) is 56.8 Å². The number of hydrogen-bond donors (Lipinski definition) is 1. The first-order valence-corrected chi connectivity index (χ1v) is 7.21. The predicted molar refractivity (Wildman–Crippen MR) is 81.8 cm³/mol. The summed E-state index contributed by atoms with van der Waals surface area (Å²) in [7, 11) is 1.78. The zero-order valence-corrected chi connectivity index (χ0v) is 13.1. The van der Waals surface area contributed by atoms with Gasteiger partial charge >= 0.3 is 0 Å². The van der Waals surface area contributed by atoms with Gasteiger partial charge in [0.2, 0.25) is 5.95 Å². The highest BCUT2D eigenvalue weighted by Crippen LogP contribution is 2.23. The average molecular weight is 303 g/mol. The third-order valence-corrected chi connectivity index (χ3v) is 2.93. The molecule has 0 aliphatic rings. The van der Waals surface area contributed by atoms with E-state index in [1.165, 1.54) is 0 Å². The molecule has 20 heavy (non-hydrogen) atoms. The molecule has 1 aromatic rings. The van der Waals surface area contributed by atoms with E-state index in [1.54, 1.807) is 13.2 Å². The first-order valence-electron chi connectivity index (χ1n) is 6.83. The Balaban J connectivity index is 2.78. The summed E-state index contributed by atoms with van der Waals surface area (Å²) in [4.78, 5) is 10.6. The van der Waals surface area contributed by atoms with Crippen LogP contribution in [0.2, 0.25) is 5.02 Å². The van der Waals surface area contributed by atoms with E-state index in [4.69, 9.17) is 21.1 Å². The van der Waals surface area contributed by atoms with Gasteiger partial charge in [-0.2, -0.15) is 4.98 Å². The van der Waals surface area contributed by atoms with Crippen molar-refractivity contribution in [3.8, 4) is 0 Å². The first kappa shape index (κ1) is 16.9.